The van der Waals surface area contributed by atoms with Crippen LogP contribution in [-0.4, -0.2) is 206 Å². The Morgan fingerprint density at radius 3 is 1.68 bits per heavy atom. The number of aliphatic hydroxyl groups is 6. The van der Waals surface area contributed by atoms with E-state index in [2.05, 4.69) is 26.8 Å². The van der Waals surface area contributed by atoms with Crippen molar-refractivity contribution in [3.8, 4) is 0 Å². The summed E-state index contributed by atoms with van der Waals surface area (Å²) in [4.78, 5) is 13.6. The lowest BCUT2D eigenvalue weighted by molar-refractivity contribution is -0.358. The van der Waals surface area contributed by atoms with Gasteiger partial charge in [0.05, 0.1) is 61.5 Å². The second kappa shape index (κ2) is 23.4. The van der Waals surface area contributed by atoms with Crippen LogP contribution < -0.4 is 0 Å². The van der Waals surface area contributed by atoms with Gasteiger partial charge in [-0.2, -0.15) is 0 Å². The lowest BCUT2D eigenvalue weighted by atomic mass is 9.47. The lowest BCUT2D eigenvalue weighted by Crippen LogP contribution is -2.62. The van der Waals surface area contributed by atoms with Gasteiger partial charge in [-0.05, 0) is 101 Å². The zero-order valence-electron chi connectivity index (χ0n) is 45.0. The van der Waals surface area contributed by atoms with E-state index in [1.54, 1.807) is 28.1 Å². The number of ether oxygens (including phenoxy) is 13. The average molecular weight is 1060 g/mol. The van der Waals surface area contributed by atoms with E-state index >= 15 is 0 Å². The summed E-state index contributed by atoms with van der Waals surface area (Å²) >= 11 is 0. The molecule has 29 atom stereocenters. The molecule has 20 nitrogen and oxygen atoms in total. The Morgan fingerprint density at radius 2 is 1.15 bits per heavy atom. The molecule has 74 heavy (non-hydrogen) atoms. The molecular weight excluding hydrogens is 969 g/mol. The number of hydrogen-bond donors (Lipinski definition) is 6. The molecule has 0 aromatic heterocycles. The number of rotatable bonds is 15. The Balaban J connectivity index is 0.738. The summed E-state index contributed by atoms with van der Waals surface area (Å²) in [7, 11) is 4.79. The van der Waals surface area contributed by atoms with E-state index in [-0.39, 0.29) is 65.5 Å². The van der Waals surface area contributed by atoms with Gasteiger partial charge in [0.15, 0.2) is 37.2 Å². The number of Topliss-reactive ketones (excluding diaryl/α,β-unsaturated/α-hetero) is 1. The van der Waals surface area contributed by atoms with Crippen molar-refractivity contribution in [1.29, 1.82) is 0 Å². The highest BCUT2D eigenvalue weighted by molar-refractivity contribution is 5.89. The number of methoxy groups -OCH3 is 3. The number of carbonyl (C=O) groups is 1. The van der Waals surface area contributed by atoms with Gasteiger partial charge in [0, 0.05) is 52.9 Å². The van der Waals surface area contributed by atoms with Crippen LogP contribution in [0.5, 0.6) is 0 Å². The Bertz CT molecular complexity index is 1900. The summed E-state index contributed by atoms with van der Waals surface area (Å²) in [6, 6.07) is 0. The van der Waals surface area contributed by atoms with Crippen LogP contribution in [-0.2, 0) is 66.4 Å². The van der Waals surface area contributed by atoms with Crippen molar-refractivity contribution < 1.29 is 97.0 Å². The first-order valence-corrected chi connectivity index (χ1v) is 27.6. The Kier molecular flexibility index (Phi) is 18.1. The number of carbonyl (C=O) groups excluding carboxylic acids is 1. The van der Waals surface area contributed by atoms with Gasteiger partial charge in [-0.15, -0.1) is 0 Å². The van der Waals surface area contributed by atoms with Crippen molar-refractivity contribution in [2.75, 3.05) is 27.9 Å². The molecule has 0 aromatic rings. The first kappa shape index (κ1) is 57.3. The van der Waals surface area contributed by atoms with Crippen molar-refractivity contribution >= 4 is 5.78 Å². The lowest BCUT2D eigenvalue weighted by Gasteiger charge is -2.57. The third kappa shape index (κ3) is 10.9. The first-order valence-electron chi connectivity index (χ1n) is 27.6. The first-order chi connectivity index (χ1) is 35.3. The summed E-state index contributed by atoms with van der Waals surface area (Å²) in [5.74, 6) is 0.727. The molecule has 8 fully saturated rings. The fourth-order valence-corrected chi connectivity index (χ4v) is 15.3. The SMILES string of the molecule is CC[C@@H]1[C@H](O)C(=O)[C@@H]2[C@@H]3CC=C4C[C@@H](O[C@H]5C[C@H](OC)[C@H](O[C@H]6C[C@H](OC)[C@H](O[C@H]7C[C@@H](O)[C@H](O[C@H]8C[C@@H](OC)[C@H](O[C@@H]9O[C@H](CO)[C@@H](O)[C@H](O)[C@H]9O)[C@@H](C)O8)[C@@H](C)O7)[C@@H](C)O6)[C@@H](C)O5)CC[C@]4(C)[C@H]3CC[C@]12C. The van der Waals surface area contributed by atoms with Crippen LogP contribution in [0.3, 0.4) is 0 Å². The normalized spacial score (nSPS) is 52.9. The van der Waals surface area contributed by atoms with E-state index in [0.29, 0.717) is 18.8 Å². The van der Waals surface area contributed by atoms with Crippen LogP contribution in [0.4, 0.5) is 0 Å². The van der Waals surface area contributed by atoms with Crippen molar-refractivity contribution in [3.05, 3.63) is 11.6 Å². The molecule has 5 aliphatic heterocycles. The summed E-state index contributed by atoms with van der Waals surface area (Å²) in [6.45, 7) is 13.6. The molecule has 0 unspecified atom stereocenters. The second-order valence-electron chi connectivity index (χ2n) is 23.6. The van der Waals surface area contributed by atoms with Crippen LogP contribution in [0.1, 0.15) is 119 Å². The average Bonchev–Trinajstić information content (AvgIpc) is 3.57. The molecule has 5 heterocycles. The highest BCUT2D eigenvalue weighted by Crippen LogP contribution is 2.66. The van der Waals surface area contributed by atoms with Crippen molar-refractivity contribution in [1.82, 2.24) is 0 Å². The highest BCUT2D eigenvalue weighted by Gasteiger charge is 2.64. The molecular formula is C54H88O20. The van der Waals surface area contributed by atoms with Gasteiger partial charge in [-0.3, -0.25) is 4.79 Å². The van der Waals surface area contributed by atoms with Gasteiger partial charge in [0.25, 0.3) is 0 Å². The van der Waals surface area contributed by atoms with Gasteiger partial charge in [-0.1, -0.05) is 32.4 Å². The predicted molar refractivity (Wildman–Crippen MR) is 260 cm³/mol. The van der Waals surface area contributed by atoms with Gasteiger partial charge < -0.3 is 92.2 Å². The monoisotopic (exact) mass is 1060 g/mol. The molecule has 3 saturated carbocycles. The second-order valence-corrected chi connectivity index (χ2v) is 23.6. The van der Waals surface area contributed by atoms with Gasteiger partial charge >= 0.3 is 0 Å². The molecule has 9 aliphatic rings. The number of aliphatic hydroxyl groups excluding tert-OH is 6. The maximum absolute atomic E-state index is 13.6. The van der Waals surface area contributed by atoms with Crippen molar-refractivity contribution in [3.63, 3.8) is 0 Å². The van der Waals surface area contributed by atoms with E-state index in [1.165, 1.54) is 12.7 Å². The largest absolute Gasteiger partial charge is 0.394 e. The van der Waals surface area contributed by atoms with Crippen LogP contribution in [0.25, 0.3) is 0 Å². The number of fused-ring (bicyclic) bond motifs is 5. The quantitative estimate of drug-likeness (QED) is 0.129. The zero-order chi connectivity index (χ0) is 53.1. The molecule has 0 aromatic carbocycles. The summed E-state index contributed by atoms with van der Waals surface area (Å²) < 4.78 is 81.1. The molecule has 0 radical (unpaired) electrons. The Morgan fingerprint density at radius 1 is 0.635 bits per heavy atom. The zero-order valence-corrected chi connectivity index (χ0v) is 45.0. The maximum Gasteiger partial charge on any atom is 0.187 e. The van der Waals surface area contributed by atoms with E-state index in [1.807, 2.05) is 13.8 Å². The van der Waals surface area contributed by atoms with Gasteiger partial charge in [0.1, 0.15) is 54.9 Å². The fourth-order valence-electron chi connectivity index (χ4n) is 15.3. The van der Waals surface area contributed by atoms with E-state index in [4.69, 9.17) is 61.6 Å². The van der Waals surface area contributed by atoms with Crippen molar-refractivity contribution in [2.24, 2.45) is 34.5 Å². The van der Waals surface area contributed by atoms with E-state index < -0.39 is 130 Å². The van der Waals surface area contributed by atoms with Crippen LogP contribution in [0.2, 0.25) is 0 Å². The molecule has 0 bridgehead atoms. The molecule has 424 valence electrons. The summed E-state index contributed by atoms with van der Waals surface area (Å²) in [5.41, 5.74) is 1.31. The smallest absolute Gasteiger partial charge is 0.187 e. The third-order valence-corrected chi connectivity index (χ3v) is 19.4. The predicted octanol–water partition coefficient (Wildman–Crippen LogP) is 2.80. The minimum atomic E-state index is -1.60. The molecule has 0 amide bonds. The topological polar surface area (TPSA) is 258 Å². The standard InChI is InChI=1S/C54H88O20/c1-11-31-43(57)45(59)42-30-13-12-28-18-29(14-16-53(28,6)32(30)15-17-54(31,42)7)69-39-20-34(62-8)50(25(3)66-39)73-41-21-35(63-9)49(26(4)67-41)72-38-19-33(56)48(24(2)65-38)71-40-22-36(64-10)51(27(5)68-40)74-52-47(61)46(60)44(58)37(23-55)70-52/h12,24-27,29-44,46-52,55-58,60-61H,11,13-23H2,1-10H3/t24-,25-,26-,27-,29+,30-,31-,32+,33-,34+,35+,36-,37-,38+,39+,40+,41+,42+,43+,44-,46+,47-,48-,49-,50-,51-,52+,53+,54-/m1/s1. The number of allylic oxidation sites excluding steroid dienone is 1. The molecule has 6 N–H and O–H groups in total. The van der Waals surface area contributed by atoms with Gasteiger partial charge in [0.2, 0.25) is 0 Å². The summed E-state index contributed by atoms with van der Waals surface area (Å²) in [6.07, 6.45) is -7.95. The molecule has 20 heteroatoms. The van der Waals surface area contributed by atoms with Gasteiger partial charge in [-0.25, -0.2) is 0 Å². The molecule has 0 spiro atoms. The van der Waals surface area contributed by atoms with E-state index in [9.17, 15) is 35.4 Å². The fraction of sp³-hybridized carbons (Fsp3) is 0.944. The van der Waals surface area contributed by atoms with E-state index in [0.717, 1.165) is 44.9 Å². The minimum absolute atomic E-state index is 0.00540. The number of ketones is 1. The van der Waals surface area contributed by atoms with Crippen LogP contribution >= 0.6 is 0 Å². The van der Waals surface area contributed by atoms with Crippen LogP contribution in [0.15, 0.2) is 11.6 Å². The third-order valence-electron chi connectivity index (χ3n) is 19.4. The van der Waals surface area contributed by atoms with Crippen molar-refractivity contribution in [2.45, 2.75) is 260 Å². The number of hydrogen-bond acceptors (Lipinski definition) is 20. The van der Waals surface area contributed by atoms with Crippen LogP contribution in [0, 0.1) is 34.5 Å². The Hall–Kier alpha value is -1.35. The molecule has 9 rings (SSSR count). The molecule has 5 saturated heterocycles. The minimum Gasteiger partial charge on any atom is -0.394 e. The Labute approximate surface area is 436 Å². The highest BCUT2D eigenvalue weighted by atomic mass is 16.8. The maximum atomic E-state index is 13.6. The molecule has 4 aliphatic carbocycles. The summed E-state index contributed by atoms with van der Waals surface area (Å²) in [5, 5.41) is 63.2.